The van der Waals surface area contributed by atoms with Crippen LogP contribution in [0.1, 0.15) is 26.5 Å². The smallest absolute Gasteiger partial charge is 0.102 e. The van der Waals surface area contributed by atoms with Crippen LogP contribution in [0.5, 0.6) is 0 Å². The summed E-state index contributed by atoms with van der Waals surface area (Å²) >= 11 is 18.1. The number of nitrogens with zero attached hydrogens (tertiary/aromatic N) is 3. The molecule has 0 spiro atoms. The van der Waals surface area contributed by atoms with Gasteiger partial charge in [0.2, 0.25) is 0 Å². The minimum absolute atomic E-state index is 0.0964. The van der Waals surface area contributed by atoms with E-state index in [1.165, 1.54) is 0 Å². The minimum atomic E-state index is -0.0964. The SMILES string of the molecule is CC(C)(C)n1cc(CNc2c(Cl)cc(Cl)cc2Cl)nn1. The molecule has 0 radical (unpaired) electrons. The summed E-state index contributed by atoms with van der Waals surface area (Å²) in [4.78, 5) is 0. The standard InChI is InChI=1S/C13H15Cl3N4/c1-13(2,3)20-7-9(18-19-20)6-17-12-10(15)4-8(14)5-11(12)16/h4-5,7,17H,6H2,1-3H3. The third-order valence-electron chi connectivity index (χ3n) is 2.68. The predicted octanol–water partition coefficient (Wildman–Crippen LogP) is 4.61. The van der Waals surface area contributed by atoms with Crippen LogP contribution in [0.2, 0.25) is 15.1 Å². The number of halogens is 3. The van der Waals surface area contributed by atoms with Gasteiger partial charge in [0, 0.05) is 5.02 Å². The highest BCUT2D eigenvalue weighted by Crippen LogP contribution is 2.33. The van der Waals surface area contributed by atoms with Gasteiger partial charge < -0.3 is 5.32 Å². The summed E-state index contributed by atoms with van der Waals surface area (Å²) in [6.45, 7) is 6.67. The molecular weight excluding hydrogens is 319 g/mol. The number of rotatable bonds is 3. The molecular formula is C13H15Cl3N4. The van der Waals surface area contributed by atoms with Gasteiger partial charge in [0.15, 0.2) is 0 Å². The lowest BCUT2D eigenvalue weighted by atomic mass is 10.1. The number of hydrogen-bond acceptors (Lipinski definition) is 3. The molecule has 0 bridgehead atoms. The summed E-state index contributed by atoms with van der Waals surface area (Å²) in [5.74, 6) is 0. The molecule has 1 N–H and O–H groups in total. The minimum Gasteiger partial charge on any atom is -0.377 e. The molecule has 1 heterocycles. The maximum atomic E-state index is 6.11. The fourth-order valence-electron chi connectivity index (χ4n) is 1.60. The van der Waals surface area contributed by atoms with Gasteiger partial charge in [-0.25, -0.2) is 4.68 Å². The average molecular weight is 334 g/mol. The molecule has 0 amide bonds. The van der Waals surface area contributed by atoms with E-state index in [9.17, 15) is 0 Å². The van der Waals surface area contributed by atoms with Crippen molar-refractivity contribution in [3.05, 3.63) is 39.1 Å². The molecule has 0 saturated carbocycles. The second-order valence-corrected chi connectivity index (χ2v) is 6.67. The van der Waals surface area contributed by atoms with E-state index in [2.05, 4.69) is 36.4 Å². The molecule has 20 heavy (non-hydrogen) atoms. The molecule has 108 valence electrons. The van der Waals surface area contributed by atoms with E-state index in [-0.39, 0.29) is 5.54 Å². The quantitative estimate of drug-likeness (QED) is 0.892. The van der Waals surface area contributed by atoms with Crippen LogP contribution >= 0.6 is 34.8 Å². The molecule has 0 aliphatic rings. The summed E-state index contributed by atoms with van der Waals surface area (Å²) in [6.07, 6.45) is 1.89. The van der Waals surface area contributed by atoms with Gasteiger partial charge in [-0.2, -0.15) is 0 Å². The Morgan fingerprint density at radius 2 is 1.75 bits per heavy atom. The van der Waals surface area contributed by atoms with E-state index >= 15 is 0 Å². The highest BCUT2D eigenvalue weighted by atomic mass is 35.5. The fourth-order valence-corrected chi connectivity index (χ4v) is 2.55. The van der Waals surface area contributed by atoms with Crippen LogP contribution < -0.4 is 5.32 Å². The van der Waals surface area contributed by atoms with Crippen LogP contribution in [-0.2, 0) is 12.1 Å². The van der Waals surface area contributed by atoms with Crippen molar-refractivity contribution in [2.24, 2.45) is 0 Å². The van der Waals surface area contributed by atoms with Gasteiger partial charge in [0.1, 0.15) is 5.69 Å². The molecule has 0 fully saturated rings. The first kappa shape index (κ1) is 15.4. The summed E-state index contributed by atoms with van der Waals surface area (Å²) in [5, 5.41) is 12.8. The lowest BCUT2D eigenvalue weighted by Crippen LogP contribution is -2.22. The van der Waals surface area contributed by atoms with Gasteiger partial charge in [0.05, 0.1) is 34.0 Å². The Hall–Kier alpha value is -0.970. The molecule has 0 unspecified atom stereocenters. The van der Waals surface area contributed by atoms with Crippen molar-refractivity contribution in [3.63, 3.8) is 0 Å². The van der Waals surface area contributed by atoms with Crippen molar-refractivity contribution in [1.82, 2.24) is 15.0 Å². The maximum Gasteiger partial charge on any atom is 0.102 e. The Bertz CT molecular complexity index is 593. The summed E-state index contributed by atoms with van der Waals surface area (Å²) in [7, 11) is 0. The molecule has 1 aromatic heterocycles. The van der Waals surface area contributed by atoms with Gasteiger partial charge in [-0.1, -0.05) is 40.0 Å². The average Bonchev–Trinajstić information content (AvgIpc) is 2.75. The molecule has 7 heteroatoms. The summed E-state index contributed by atoms with van der Waals surface area (Å²) in [6, 6.07) is 3.28. The van der Waals surface area contributed by atoms with Crippen molar-refractivity contribution >= 4 is 40.5 Å². The van der Waals surface area contributed by atoms with Gasteiger partial charge >= 0.3 is 0 Å². The highest BCUT2D eigenvalue weighted by molar-refractivity contribution is 6.41. The molecule has 0 aliphatic carbocycles. The molecule has 0 saturated heterocycles. The number of anilines is 1. The predicted molar refractivity (Wildman–Crippen MR) is 83.8 cm³/mol. The number of hydrogen-bond donors (Lipinski definition) is 1. The van der Waals surface area contributed by atoms with Gasteiger partial charge in [0.25, 0.3) is 0 Å². The molecule has 0 aliphatic heterocycles. The highest BCUT2D eigenvalue weighted by Gasteiger charge is 2.15. The fraction of sp³-hybridized carbons (Fsp3) is 0.385. The normalized spacial score (nSPS) is 11.7. The van der Waals surface area contributed by atoms with Crippen molar-refractivity contribution in [2.45, 2.75) is 32.9 Å². The first-order valence-electron chi connectivity index (χ1n) is 6.07. The zero-order valence-corrected chi connectivity index (χ0v) is 13.7. The Morgan fingerprint density at radius 3 is 2.25 bits per heavy atom. The van der Waals surface area contributed by atoms with Gasteiger partial charge in [-0.15, -0.1) is 5.10 Å². The van der Waals surface area contributed by atoms with E-state index in [1.807, 2.05) is 10.9 Å². The van der Waals surface area contributed by atoms with Crippen molar-refractivity contribution in [3.8, 4) is 0 Å². The van der Waals surface area contributed by atoms with Gasteiger partial charge in [-0.05, 0) is 32.9 Å². The third-order valence-corrected chi connectivity index (χ3v) is 3.50. The molecule has 1 aromatic carbocycles. The van der Waals surface area contributed by atoms with Gasteiger partial charge in [-0.3, -0.25) is 0 Å². The van der Waals surface area contributed by atoms with Crippen LogP contribution in [0, 0.1) is 0 Å². The monoisotopic (exact) mass is 332 g/mol. The van der Waals surface area contributed by atoms with E-state index in [0.29, 0.717) is 27.3 Å². The Morgan fingerprint density at radius 1 is 1.15 bits per heavy atom. The molecule has 2 aromatic rings. The van der Waals surface area contributed by atoms with Crippen molar-refractivity contribution in [2.75, 3.05) is 5.32 Å². The number of nitrogens with one attached hydrogen (secondary N) is 1. The maximum absolute atomic E-state index is 6.11. The summed E-state index contributed by atoms with van der Waals surface area (Å²) < 4.78 is 1.81. The zero-order chi connectivity index (χ0) is 14.9. The zero-order valence-electron chi connectivity index (χ0n) is 11.4. The topological polar surface area (TPSA) is 42.7 Å². The van der Waals surface area contributed by atoms with Crippen molar-refractivity contribution in [1.29, 1.82) is 0 Å². The lowest BCUT2D eigenvalue weighted by Gasteiger charge is -2.17. The largest absolute Gasteiger partial charge is 0.377 e. The third kappa shape index (κ3) is 3.57. The molecule has 4 nitrogen and oxygen atoms in total. The van der Waals surface area contributed by atoms with E-state index in [1.54, 1.807) is 12.1 Å². The van der Waals surface area contributed by atoms with Crippen LogP contribution in [0.3, 0.4) is 0 Å². The summed E-state index contributed by atoms with van der Waals surface area (Å²) in [5.41, 5.74) is 1.35. The first-order chi connectivity index (χ1) is 9.27. The second-order valence-electron chi connectivity index (χ2n) is 5.42. The number of aromatic nitrogens is 3. The van der Waals surface area contributed by atoms with E-state index < -0.39 is 0 Å². The van der Waals surface area contributed by atoms with Crippen LogP contribution in [0.4, 0.5) is 5.69 Å². The second kappa shape index (κ2) is 5.80. The molecule has 2 rings (SSSR count). The molecule has 0 atom stereocenters. The Labute approximate surface area is 133 Å². The lowest BCUT2D eigenvalue weighted by molar-refractivity contribution is 0.347. The first-order valence-corrected chi connectivity index (χ1v) is 7.21. The van der Waals surface area contributed by atoms with Crippen LogP contribution in [0.15, 0.2) is 18.3 Å². The van der Waals surface area contributed by atoms with Crippen LogP contribution in [0.25, 0.3) is 0 Å². The Kier molecular flexibility index (Phi) is 4.47. The Balaban J connectivity index is 2.12. The van der Waals surface area contributed by atoms with E-state index in [4.69, 9.17) is 34.8 Å². The van der Waals surface area contributed by atoms with E-state index in [0.717, 1.165) is 5.69 Å². The number of benzene rings is 1. The van der Waals surface area contributed by atoms with Crippen LogP contribution in [-0.4, -0.2) is 15.0 Å². The van der Waals surface area contributed by atoms with Crippen molar-refractivity contribution < 1.29 is 0 Å².